The van der Waals surface area contributed by atoms with Crippen LogP contribution in [0.25, 0.3) is 0 Å². The zero-order valence-electron chi connectivity index (χ0n) is 13.8. The molecule has 0 spiro atoms. The Labute approximate surface area is 141 Å². The number of carbonyl (C=O) groups is 1. The maximum atomic E-state index is 12.6. The first-order valence-electron chi connectivity index (χ1n) is 9.08. The van der Waals surface area contributed by atoms with E-state index in [4.69, 9.17) is 4.74 Å². The summed E-state index contributed by atoms with van der Waals surface area (Å²) in [4.78, 5) is 12.6. The first-order chi connectivity index (χ1) is 11.5. The highest BCUT2D eigenvalue weighted by molar-refractivity contribution is 5.90. The number of ether oxygens (including phenoxy) is 1. The van der Waals surface area contributed by atoms with Crippen LogP contribution in [0.5, 0.6) is 5.75 Å². The van der Waals surface area contributed by atoms with E-state index in [0.29, 0.717) is 18.3 Å². The topological polar surface area (TPSA) is 70.6 Å². The maximum absolute atomic E-state index is 12.6. The summed E-state index contributed by atoms with van der Waals surface area (Å²) in [6.45, 7) is 0.718. The Morgan fingerprint density at radius 1 is 1.21 bits per heavy atom. The van der Waals surface area contributed by atoms with E-state index >= 15 is 0 Å². The van der Waals surface area contributed by atoms with Crippen molar-refractivity contribution in [3.8, 4) is 5.75 Å². The van der Waals surface area contributed by atoms with Gasteiger partial charge in [-0.15, -0.1) is 0 Å². The lowest BCUT2D eigenvalue weighted by molar-refractivity contribution is -0.138. The van der Waals surface area contributed by atoms with Crippen molar-refractivity contribution in [1.82, 2.24) is 5.32 Å². The second-order valence-electron chi connectivity index (χ2n) is 8.47. The molecule has 5 nitrogen and oxygen atoms in total. The highest BCUT2D eigenvalue weighted by Gasteiger charge is 2.57. The van der Waals surface area contributed by atoms with Gasteiger partial charge in [0, 0.05) is 17.6 Å². The first kappa shape index (κ1) is 14.6. The lowest BCUT2D eigenvalue weighted by Crippen LogP contribution is -2.65. The molecule has 5 aliphatic rings. The number of urea groups is 1. The van der Waals surface area contributed by atoms with E-state index in [1.165, 1.54) is 6.42 Å². The summed E-state index contributed by atoms with van der Waals surface area (Å²) in [6.07, 6.45) is 6.68. The van der Waals surface area contributed by atoms with E-state index < -0.39 is 5.60 Å². The number of nitrogens with one attached hydrogen (secondary N) is 2. The molecule has 2 amide bonds. The van der Waals surface area contributed by atoms with Crippen LogP contribution in [0.3, 0.4) is 0 Å². The molecule has 6 rings (SSSR count). The molecule has 2 unspecified atom stereocenters. The summed E-state index contributed by atoms with van der Waals surface area (Å²) in [6, 6.07) is 5.65. The fraction of sp³-hybridized carbons (Fsp3) is 0.632. The average molecular weight is 328 g/mol. The van der Waals surface area contributed by atoms with Crippen LogP contribution in [-0.2, 0) is 6.42 Å². The SMILES string of the molecule is O=C(Nc1ccc2c(c1)CCO2)NC12CC3CC(CC(O)(C3)C1)C2. The van der Waals surface area contributed by atoms with E-state index in [0.717, 1.165) is 55.7 Å². The molecule has 0 aromatic heterocycles. The third-order valence-electron chi connectivity index (χ3n) is 6.36. The number of hydrogen-bond acceptors (Lipinski definition) is 3. The van der Waals surface area contributed by atoms with Crippen molar-refractivity contribution < 1.29 is 14.6 Å². The fourth-order valence-electron chi connectivity index (χ4n) is 6.03. The second-order valence-corrected chi connectivity index (χ2v) is 8.47. The van der Waals surface area contributed by atoms with Crippen LogP contribution >= 0.6 is 0 Å². The summed E-state index contributed by atoms with van der Waals surface area (Å²) >= 11 is 0. The molecular formula is C19H24N2O3. The normalized spacial score (nSPS) is 38.5. The van der Waals surface area contributed by atoms with Gasteiger partial charge >= 0.3 is 6.03 Å². The van der Waals surface area contributed by atoms with Crippen LogP contribution in [-0.4, -0.2) is 28.9 Å². The van der Waals surface area contributed by atoms with Crippen LogP contribution in [0.1, 0.15) is 44.1 Å². The van der Waals surface area contributed by atoms with Gasteiger partial charge in [0.15, 0.2) is 0 Å². The molecule has 24 heavy (non-hydrogen) atoms. The number of amides is 2. The summed E-state index contributed by atoms with van der Waals surface area (Å²) in [5, 5.41) is 17.0. The quantitative estimate of drug-likeness (QED) is 0.782. The van der Waals surface area contributed by atoms with Gasteiger partial charge in [0.1, 0.15) is 5.75 Å². The summed E-state index contributed by atoms with van der Waals surface area (Å²) in [7, 11) is 0. The van der Waals surface area contributed by atoms with Gasteiger partial charge in [-0.1, -0.05) is 0 Å². The Balaban J connectivity index is 1.30. The lowest BCUT2D eigenvalue weighted by atomic mass is 9.51. The van der Waals surface area contributed by atoms with Crippen molar-refractivity contribution in [3.63, 3.8) is 0 Å². The molecule has 0 radical (unpaired) electrons. The number of hydrogen-bond donors (Lipinski definition) is 3. The van der Waals surface area contributed by atoms with Gasteiger partial charge in [-0.2, -0.15) is 0 Å². The summed E-state index contributed by atoms with van der Waals surface area (Å²) in [5.41, 5.74) is 1.18. The van der Waals surface area contributed by atoms with E-state index in [9.17, 15) is 9.90 Å². The molecule has 4 fully saturated rings. The van der Waals surface area contributed by atoms with Gasteiger partial charge in [-0.3, -0.25) is 0 Å². The molecule has 1 aromatic rings. The molecule has 4 bridgehead atoms. The minimum absolute atomic E-state index is 0.153. The fourth-order valence-corrected chi connectivity index (χ4v) is 6.03. The van der Waals surface area contributed by atoms with Gasteiger partial charge in [0.2, 0.25) is 0 Å². The van der Waals surface area contributed by atoms with Crippen LogP contribution < -0.4 is 15.4 Å². The minimum Gasteiger partial charge on any atom is -0.493 e. The molecule has 3 N–H and O–H groups in total. The molecule has 5 heteroatoms. The Bertz CT molecular complexity index is 688. The van der Waals surface area contributed by atoms with Crippen molar-refractivity contribution in [2.45, 2.75) is 56.1 Å². The number of carbonyl (C=O) groups excluding carboxylic acids is 1. The van der Waals surface area contributed by atoms with Crippen molar-refractivity contribution in [2.24, 2.45) is 11.8 Å². The molecule has 2 atom stereocenters. The number of rotatable bonds is 2. The molecule has 1 aromatic carbocycles. The molecule has 1 heterocycles. The van der Waals surface area contributed by atoms with E-state index in [-0.39, 0.29) is 11.6 Å². The predicted molar refractivity (Wildman–Crippen MR) is 90.2 cm³/mol. The largest absolute Gasteiger partial charge is 0.493 e. The predicted octanol–water partition coefficient (Wildman–Crippen LogP) is 2.83. The number of benzene rings is 1. The van der Waals surface area contributed by atoms with Crippen LogP contribution in [0, 0.1) is 11.8 Å². The van der Waals surface area contributed by atoms with Gasteiger partial charge < -0.3 is 20.5 Å². The number of fused-ring (bicyclic) bond motifs is 1. The molecule has 0 saturated heterocycles. The van der Waals surface area contributed by atoms with Crippen LogP contribution in [0.4, 0.5) is 10.5 Å². The molecule has 4 saturated carbocycles. The average Bonchev–Trinajstić information content (AvgIpc) is 2.91. The van der Waals surface area contributed by atoms with E-state index in [1.807, 2.05) is 18.2 Å². The zero-order valence-corrected chi connectivity index (χ0v) is 13.8. The summed E-state index contributed by atoms with van der Waals surface area (Å²) < 4.78 is 5.50. The lowest BCUT2D eigenvalue weighted by Gasteiger charge is -2.60. The Morgan fingerprint density at radius 3 is 2.75 bits per heavy atom. The van der Waals surface area contributed by atoms with E-state index in [2.05, 4.69) is 10.6 Å². The monoisotopic (exact) mass is 328 g/mol. The van der Waals surface area contributed by atoms with Crippen molar-refractivity contribution >= 4 is 11.7 Å². The van der Waals surface area contributed by atoms with Crippen molar-refractivity contribution in [1.29, 1.82) is 0 Å². The molecular weight excluding hydrogens is 304 g/mol. The Kier molecular flexibility index (Phi) is 2.97. The standard InChI is InChI=1S/C19H24N2O3/c22-17(20-15-1-2-16-14(6-15)3-4-24-16)21-18-7-12-5-13(8-18)10-19(23,9-12)11-18/h1-2,6,12-13,23H,3-5,7-11H2,(H2,20,21,22). The third-order valence-corrected chi connectivity index (χ3v) is 6.36. The third kappa shape index (κ3) is 2.37. The number of aliphatic hydroxyl groups is 1. The first-order valence-corrected chi connectivity index (χ1v) is 9.08. The number of anilines is 1. The van der Waals surface area contributed by atoms with Gasteiger partial charge in [-0.05, 0) is 74.1 Å². The molecule has 1 aliphatic heterocycles. The Morgan fingerprint density at radius 2 is 2.00 bits per heavy atom. The van der Waals surface area contributed by atoms with Crippen molar-refractivity contribution in [3.05, 3.63) is 23.8 Å². The summed E-state index contributed by atoms with van der Waals surface area (Å²) in [5.74, 6) is 2.05. The highest BCUT2D eigenvalue weighted by atomic mass is 16.5. The second kappa shape index (κ2) is 4.88. The van der Waals surface area contributed by atoms with Crippen LogP contribution in [0.2, 0.25) is 0 Å². The Hall–Kier alpha value is -1.75. The maximum Gasteiger partial charge on any atom is 0.319 e. The van der Waals surface area contributed by atoms with E-state index in [1.54, 1.807) is 0 Å². The highest BCUT2D eigenvalue weighted by Crippen LogP contribution is 2.57. The van der Waals surface area contributed by atoms with Crippen LogP contribution in [0.15, 0.2) is 18.2 Å². The minimum atomic E-state index is -0.553. The van der Waals surface area contributed by atoms with Gasteiger partial charge in [-0.25, -0.2) is 4.79 Å². The van der Waals surface area contributed by atoms with Crippen molar-refractivity contribution in [2.75, 3.05) is 11.9 Å². The smallest absolute Gasteiger partial charge is 0.319 e. The molecule has 4 aliphatic carbocycles. The molecule has 128 valence electrons. The van der Waals surface area contributed by atoms with Gasteiger partial charge in [0.25, 0.3) is 0 Å². The van der Waals surface area contributed by atoms with Gasteiger partial charge in [0.05, 0.1) is 12.2 Å². The zero-order chi connectivity index (χ0) is 16.4.